The molecule has 0 fully saturated rings. The van der Waals surface area contributed by atoms with E-state index in [9.17, 15) is 10.2 Å². The number of hydrogen-bond donors (Lipinski definition) is 3. The highest BCUT2D eigenvalue weighted by atomic mass is 16.3. The maximum Gasteiger partial charge on any atom is 0.128 e. The predicted octanol–water partition coefficient (Wildman–Crippen LogP) is 4.74. The van der Waals surface area contributed by atoms with Crippen molar-refractivity contribution in [1.82, 2.24) is 10.2 Å². The van der Waals surface area contributed by atoms with E-state index >= 15 is 0 Å². The molecule has 0 saturated heterocycles. The molecule has 0 amide bonds. The van der Waals surface area contributed by atoms with Gasteiger partial charge in [-0.05, 0) is 35.6 Å². The lowest BCUT2D eigenvalue weighted by atomic mass is 9.79. The zero-order valence-electron chi connectivity index (χ0n) is 13.7. The Labute approximate surface area is 132 Å². The standard InChI is InChI=1S/C18H26N2O2/c1-4-5-6-7-9-18(2,3)13-11-15(21)17(16(22)12-13)14-8-10-19-20-14/h8,10-12,21-22H,4-7,9H2,1-3H3,(H,19,20). The molecule has 22 heavy (non-hydrogen) atoms. The average molecular weight is 302 g/mol. The first-order chi connectivity index (χ1) is 10.5. The molecule has 0 unspecified atom stereocenters. The van der Waals surface area contributed by atoms with Crippen LogP contribution in [0.2, 0.25) is 0 Å². The van der Waals surface area contributed by atoms with Crippen molar-refractivity contribution in [1.29, 1.82) is 0 Å². The second-order valence-electron chi connectivity index (χ2n) is 6.55. The molecule has 4 heteroatoms. The SMILES string of the molecule is CCCCCCC(C)(C)c1cc(O)c(-c2ccn[nH]2)c(O)c1. The summed E-state index contributed by atoms with van der Waals surface area (Å²) in [5, 5.41) is 27.3. The van der Waals surface area contributed by atoms with E-state index in [1.54, 1.807) is 24.4 Å². The van der Waals surface area contributed by atoms with E-state index in [1.807, 2.05) is 0 Å². The Bertz CT molecular complexity index is 581. The number of unbranched alkanes of at least 4 members (excludes halogenated alkanes) is 3. The lowest BCUT2D eigenvalue weighted by Crippen LogP contribution is -2.17. The third-order valence-electron chi connectivity index (χ3n) is 4.30. The second-order valence-corrected chi connectivity index (χ2v) is 6.55. The summed E-state index contributed by atoms with van der Waals surface area (Å²) in [6.45, 7) is 6.52. The zero-order valence-corrected chi connectivity index (χ0v) is 13.7. The molecule has 3 N–H and O–H groups in total. The summed E-state index contributed by atoms with van der Waals surface area (Å²) >= 11 is 0. The van der Waals surface area contributed by atoms with Gasteiger partial charge in [-0.1, -0.05) is 46.5 Å². The highest BCUT2D eigenvalue weighted by Gasteiger charge is 2.23. The van der Waals surface area contributed by atoms with Gasteiger partial charge in [0.25, 0.3) is 0 Å². The molecule has 0 bridgehead atoms. The molecule has 1 aromatic carbocycles. The van der Waals surface area contributed by atoms with Crippen molar-refractivity contribution in [3.05, 3.63) is 30.0 Å². The van der Waals surface area contributed by atoms with Crippen LogP contribution in [0.1, 0.15) is 58.4 Å². The Morgan fingerprint density at radius 3 is 2.32 bits per heavy atom. The number of benzene rings is 1. The van der Waals surface area contributed by atoms with Gasteiger partial charge in [0, 0.05) is 6.20 Å². The van der Waals surface area contributed by atoms with Gasteiger partial charge in [-0.25, -0.2) is 0 Å². The molecule has 0 aliphatic carbocycles. The van der Waals surface area contributed by atoms with Crippen LogP contribution in [-0.2, 0) is 5.41 Å². The van der Waals surface area contributed by atoms with Crippen LogP contribution in [0.15, 0.2) is 24.4 Å². The second kappa shape index (κ2) is 6.86. The third-order valence-corrected chi connectivity index (χ3v) is 4.30. The Hall–Kier alpha value is -1.97. The van der Waals surface area contributed by atoms with Crippen LogP contribution >= 0.6 is 0 Å². The molecule has 0 aliphatic rings. The van der Waals surface area contributed by atoms with Gasteiger partial charge >= 0.3 is 0 Å². The molecule has 120 valence electrons. The fourth-order valence-electron chi connectivity index (χ4n) is 2.81. The van der Waals surface area contributed by atoms with Crippen molar-refractivity contribution in [2.45, 2.75) is 58.3 Å². The lowest BCUT2D eigenvalue weighted by Gasteiger charge is -2.26. The minimum atomic E-state index is -0.0742. The number of rotatable bonds is 7. The normalized spacial score (nSPS) is 11.8. The number of phenols is 2. The minimum absolute atomic E-state index is 0.0742. The molecule has 0 spiro atoms. The van der Waals surface area contributed by atoms with Crippen LogP contribution in [0, 0.1) is 0 Å². The van der Waals surface area contributed by atoms with Gasteiger partial charge in [-0.15, -0.1) is 0 Å². The van der Waals surface area contributed by atoms with Gasteiger partial charge in [0.1, 0.15) is 11.5 Å². The van der Waals surface area contributed by atoms with Crippen molar-refractivity contribution in [2.24, 2.45) is 0 Å². The van der Waals surface area contributed by atoms with E-state index in [0.29, 0.717) is 11.3 Å². The van der Waals surface area contributed by atoms with Crippen molar-refractivity contribution in [3.63, 3.8) is 0 Å². The average Bonchev–Trinajstić information content (AvgIpc) is 2.97. The highest BCUT2D eigenvalue weighted by molar-refractivity contribution is 5.74. The summed E-state index contributed by atoms with van der Waals surface area (Å²) in [6, 6.07) is 5.25. The molecule has 0 aliphatic heterocycles. The van der Waals surface area contributed by atoms with Gasteiger partial charge < -0.3 is 10.2 Å². The van der Waals surface area contributed by atoms with Crippen molar-refractivity contribution < 1.29 is 10.2 Å². The number of aromatic nitrogens is 2. The lowest BCUT2D eigenvalue weighted by molar-refractivity contribution is 0.425. The van der Waals surface area contributed by atoms with Gasteiger partial charge in [-0.2, -0.15) is 5.10 Å². The molecule has 1 aromatic heterocycles. The summed E-state index contributed by atoms with van der Waals surface area (Å²) in [7, 11) is 0. The summed E-state index contributed by atoms with van der Waals surface area (Å²) in [6.07, 6.45) is 7.50. The summed E-state index contributed by atoms with van der Waals surface area (Å²) in [4.78, 5) is 0. The fourth-order valence-corrected chi connectivity index (χ4v) is 2.81. The predicted molar refractivity (Wildman–Crippen MR) is 89.1 cm³/mol. The number of aromatic amines is 1. The Morgan fingerprint density at radius 1 is 1.09 bits per heavy atom. The minimum Gasteiger partial charge on any atom is -0.507 e. The Morgan fingerprint density at radius 2 is 1.77 bits per heavy atom. The number of aromatic hydroxyl groups is 2. The summed E-state index contributed by atoms with van der Waals surface area (Å²) in [5.74, 6) is 0.168. The maximum absolute atomic E-state index is 10.3. The Kier molecular flexibility index (Phi) is 5.11. The number of H-pyrrole nitrogens is 1. The first-order valence-corrected chi connectivity index (χ1v) is 8.02. The van der Waals surface area contributed by atoms with Crippen LogP contribution in [0.25, 0.3) is 11.3 Å². The van der Waals surface area contributed by atoms with Gasteiger partial charge in [0.2, 0.25) is 0 Å². The van der Waals surface area contributed by atoms with Crippen LogP contribution in [0.4, 0.5) is 0 Å². The molecular weight excluding hydrogens is 276 g/mol. The summed E-state index contributed by atoms with van der Waals surface area (Å²) in [5.41, 5.74) is 1.91. The quantitative estimate of drug-likeness (QED) is 0.647. The van der Waals surface area contributed by atoms with Gasteiger partial charge in [-0.3, -0.25) is 5.10 Å². The third kappa shape index (κ3) is 3.62. The molecule has 0 atom stereocenters. The number of nitrogens with one attached hydrogen (secondary N) is 1. The van der Waals surface area contributed by atoms with E-state index in [1.165, 1.54) is 19.3 Å². The number of hydrogen-bond acceptors (Lipinski definition) is 3. The topological polar surface area (TPSA) is 69.1 Å². The van der Waals surface area contributed by atoms with Crippen LogP contribution in [-0.4, -0.2) is 20.4 Å². The van der Waals surface area contributed by atoms with Crippen LogP contribution in [0.3, 0.4) is 0 Å². The first kappa shape index (κ1) is 16.4. The molecule has 2 aromatic rings. The van der Waals surface area contributed by atoms with Crippen molar-refractivity contribution >= 4 is 0 Å². The monoisotopic (exact) mass is 302 g/mol. The molecule has 0 radical (unpaired) electrons. The fraction of sp³-hybridized carbons (Fsp3) is 0.500. The van der Waals surface area contributed by atoms with E-state index in [4.69, 9.17) is 0 Å². The van der Waals surface area contributed by atoms with E-state index in [-0.39, 0.29) is 16.9 Å². The van der Waals surface area contributed by atoms with Gasteiger partial charge in [0.15, 0.2) is 0 Å². The molecule has 2 rings (SSSR count). The molecular formula is C18H26N2O2. The van der Waals surface area contributed by atoms with E-state index in [0.717, 1.165) is 18.4 Å². The van der Waals surface area contributed by atoms with Crippen LogP contribution in [0.5, 0.6) is 11.5 Å². The smallest absolute Gasteiger partial charge is 0.128 e. The molecule has 0 saturated carbocycles. The first-order valence-electron chi connectivity index (χ1n) is 8.02. The van der Waals surface area contributed by atoms with Crippen molar-refractivity contribution in [2.75, 3.05) is 0 Å². The summed E-state index contributed by atoms with van der Waals surface area (Å²) < 4.78 is 0. The maximum atomic E-state index is 10.3. The highest BCUT2D eigenvalue weighted by Crippen LogP contribution is 2.41. The van der Waals surface area contributed by atoms with Gasteiger partial charge in [0.05, 0.1) is 11.3 Å². The number of nitrogens with zero attached hydrogens (tertiary/aromatic N) is 1. The van der Waals surface area contributed by atoms with Crippen molar-refractivity contribution in [3.8, 4) is 22.8 Å². The molecule has 4 nitrogen and oxygen atoms in total. The Balaban J connectivity index is 2.22. The van der Waals surface area contributed by atoms with Crippen LogP contribution < -0.4 is 0 Å². The zero-order chi connectivity index (χ0) is 16.2. The van der Waals surface area contributed by atoms with E-state index in [2.05, 4.69) is 31.0 Å². The largest absolute Gasteiger partial charge is 0.507 e. The molecule has 1 heterocycles. The number of phenolic OH excluding ortho intramolecular Hbond substituents is 2. The van der Waals surface area contributed by atoms with E-state index < -0.39 is 0 Å².